The number of aromatic nitrogens is 1. The molecule has 0 fully saturated rings. The molecule has 0 bridgehead atoms. The highest BCUT2D eigenvalue weighted by atomic mass is 32.1. The summed E-state index contributed by atoms with van der Waals surface area (Å²) in [7, 11) is 0. The van der Waals surface area contributed by atoms with Gasteiger partial charge in [0.15, 0.2) is 0 Å². The van der Waals surface area contributed by atoms with Crippen LogP contribution in [-0.4, -0.2) is 34.6 Å². The van der Waals surface area contributed by atoms with Crippen LogP contribution in [0, 0.1) is 13.8 Å². The average Bonchev–Trinajstić information content (AvgIpc) is 3.06. The predicted octanol–water partition coefficient (Wildman–Crippen LogP) is 3.37. The second-order valence-electron chi connectivity index (χ2n) is 5.73. The first-order chi connectivity index (χ1) is 13.1. The minimum absolute atomic E-state index is 0.0641. The number of hydrogen-bond donors (Lipinski definition) is 4. The van der Waals surface area contributed by atoms with Crippen molar-refractivity contribution in [1.82, 2.24) is 10.3 Å². The van der Waals surface area contributed by atoms with Gasteiger partial charge in [-0.15, -0.1) is 0 Å². The molecule has 7 nitrogen and oxygen atoms in total. The first kappa shape index (κ1) is 21.2. The molecule has 1 aromatic carbocycles. The van der Waals surface area contributed by atoms with Gasteiger partial charge in [0.2, 0.25) is 5.13 Å². The highest BCUT2D eigenvalue weighted by molar-refractivity contribution is 7.17. The van der Waals surface area contributed by atoms with Crippen LogP contribution in [0.15, 0.2) is 35.6 Å². The van der Waals surface area contributed by atoms with Crippen molar-refractivity contribution in [1.29, 1.82) is 0 Å². The SMILES string of the molecule is Cc1ccc(O)c(C)c1NC(=O)c1cnc(/N=C(N)\C=C/NCC(F)(F)F)s1. The maximum Gasteiger partial charge on any atom is 0.405 e. The zero-order valence-electron chi connectivity index (χ0n) is 15.0. The van der Waals surface area contributed by atoms with Crippen molar-refractivity contribution in [2.24, 2.45) is 10.7 Å². The van der Waals surface area contributed by atoms with Gasteiger partial charge in [-0.05, 0) is 31.6 Å². The van der Waals surface area contributed by atoms with Gasteiger partial charge in [-0.1, -0.05) is 17.4 Å². The van der Waals surface area contributed by atoms with Crippen LogP contribution in [0.4, 0.5) is 24.0 Å². The number of amidine groups is 1. The number of hydrogen-bond acceptors (Lipinski definition) is 6. The second kappa shape index (κ2) is 8.74. The van der Waals surface area contributed by atoms with Gasteiger partial charge in [0.25, 0.3) is 5.91 Å². The topological polar surface area (TPSA) is 113 Å². The largest absolute Gasteiger partial charge is 0.508 e. The standard InChI is InChI=1S/C17H18F3N5O2S/c1-9-3-4-11(26)10(2)14(9)25-15(27)12-7-23-16(28-12)24-13(21)5-6-22-8-17(18,19)20/h3-7,22,26H,8H2,1-2H3,(H,25,27)(H2,21,23,24)/b6-5-. The third kappa shape index (κ3) is 5.98. The molecule has 0 spiro atoms. The molecule has 1 amide bonds. The van der Waals surface area contributed by atoms with E-state index in [2.05, 4.69) is 15.3 Å². The molecule has 0 radical (unpaired) electrons. The number of aromatic hydroxyl groups is 1. The number of nitrogens with zero attached hydrogens (tertiary/aromatic N) is 2. The van der Waals surface area contributed by atoms with Crippen LogP contribution >= 0.6 is 11.3 Å². The van der Waals surface area contributed by atoms with Gasteiger partial charge in [0.1, 0.15) is 23.0 Å². The van der Waals surface area contributed by atoms with Gasteiger partial charge in [-0.2, -0.15) is 13.2 Å². The van der Waals surface area contributed by atoms with E-state index in [1.807, 2.05) is 5.32 Å². The van der Waals surface area contributed by atoms with E-state index in [4.69, 9.17) is 5.73 Å². The maximum atomic E-state index is 12.4. The summed E-state index contributed by atoms with van der Waals surface area (Å²) >= 11 is 0.960. The summed E-state index contributed by atoms with van der Waals surface area (Å²) in [5.74, 6) is -0.443. The fourth-order valence-electron chi connectivity index (χ4n) is 2.09. The Bertz CT molecular complexity index is 922. The number of carbonyl (C=O) groups is 1. The third-order valence-electron chi connectivity index (χ3n) is 3.50. The first-order valence-electron chi connectivity index (χ1n) is 7.94. The van der Waals surface area contributed by atoms with Crippen LogP contribution in [0.3, 0.4) is 0 Å². The molecule has 2 rings (SSSR count). The van der Waals surface area contributed by atoms with Crippen LogP contribution in [0.5, 0.6) is 5.75 Å². The Hall–Kier alpha value is -3.08. The minimum Gasteiger partial charge on any atom is -0.508 e. The number of rotatable bonds is 6. The predicted molar refractivity (Wildman–Crippen MR) is 102 cm³/mol. The number of phenolic OH excluding ortho intramolecular Hbond substituents is 1. The van der Waals surface area contributed by atoms with Crippen molar-refractivity contribution in [3.8, 4) is 5.75 Å². The second-order valence-corrected chi connectivity index (χ2v) is 6.74. The number of benzene rings is 1. The fraction of sp³-hybridized carbons (Fsp3) is 0.235. The van der Waals surface area contributed by atoms with Gasteiger partial charge >= 0.3 is 6.18 Å². The van der Waals surface area contributed by atoms with Crippen molar-refractivity contribution in [2.45, 2.75) is 20.0 Å². The molecular weight excluding hydrogens is 395 g/mol. The highest BCUT2D eigenvalue weighted by Gasteiger charge is 2.25. The Labute approximate surface area is 162 Å². The van der Waals surface area contributed by atoms with Gasteiger partial charge in [-0.25, -0.2) is 9.98 Å². The van der Waals surface area contributed by atoms with Crippen molar-refractivity contribution in [2.75, 3.05) is 11.9 Å². The van der Waals surface area contributed by atoms with Crippen LogP contribution in [0.1, 0.15) is 20.8 Å². The van der Waals surface area contributed by atoms with Crippen LogP contribution < -0.4 is 16.4 Å². The van der Waals surface area contributed by atoms with E-state index in [-0.39, 0.29) is 21.6 Å². The summed E-state index contributed by atoms with van der Waals surface area (Å²) in [4.78, 5) is 20.5. The molecule has 1 aromatic heterocycles. The van der Waals surface area contributed by atoms with Gasteiger partial charge in [0.05, 0.1) is 11.9 Å². The number of aryl methyl sites for hydroxylation is 1. The number of carbonyl (C=O) groups excluding carboxylic acids is 1. The third-order valence-corrected chi connectivity index (χ3v) is 4.39. The Morgan fingerprint density at radius 3 is 2.79 bits per heavy atom. The zero-order chi connectivity index (χ0) is 20.9. The Morgan fingerprint density at radius 1 is 1.39 bits per heavy atom. The lowest BCUT2D eigenvalue weighted by atomic mass is 10.1. The molecule has 150 valence electrons. The van der Waals surface area contributed by atoms with Gasteiger partial charge in [0, 0.05) is 11.8 Å². The highest BCUT2D eigenvalue weighted by Crippen LogP contribution is 2.29. The van der Waals surface area contributed by atoms with Gasteiger partial charge < -0.3 is 21.5 Å². The molecule has 5 N–H and O–H groups in total. The lowest BCUT2D eigenvalue weighted by Gasteiger charge is -2.11. The molecule has 1 heterocycles. The molecule has 2 aromatic rings. The maximum absolute atomic E-state index is 12.4. The number of thiazole rings is 1. The molecule has 0 aliphatic carbocycles. The normalized spacial score (nSPS) is 12.4. The molecule has 0 aliphatic rings. The smallest absolute Gasteiger partial charge is 0.405 e. The quantitative estimate of drug-likeness (QED) is 0.428. The number of anilines is 1. The first-order valence-corrected chi connectivity index (χ1v) is 8.75. The van der Waals surface area contributed by atoms with Crippen molar-refractivity contribution < 1.29 is 23.1 Å². The fourth-order valence-corrected chi connectivity index (χ4v) is 2.79. The summed E-state index contributed by atoms with van der Waals surface area (Å²) in [6.45, 7) is 2.29. The number of nitrogens with one attached hydrogen (secondary N) is 2. The van der Waals surface area contributed by atoms with E-state index in [1.54, 1.807) is 26.0 Å². The van der Waals surface area contributed by atoms with E-state index in [1.165, 1.54) is 6.20 Å². The average molecular weight is 413 g/mol. The molecule has 0 atom stereocenters. The summed E-state index contributed by atoms with van der Waals surface area (Å²) in [6, 6.07) is 3.22. The van der Waals surface area contributed by atoms with E-state index in [0.29, 0.717) is 11.3 Å². The summed E-state index contributed by atoms with van der Waals surface area (Å²) in [5, 5.41) is 14.7. The molecule has 0 saturated carbocycles. The summed E-state index contributed by atoms with van der Waals surface area (Å²) in [5.41, 5.74) is 7.43. The molecule has 0 aliphatic heterocycles. The van der Waals surface area contributed by atoms with Crippen molar-refractivity contribution >= 4 is 33.9 Å². The monoisotopic (exact) mass is 413 g/mol. The van der Waals surface area contributed by atoms with E-state index in [9.17, 15) is 23.1 Å². The lowest BCUT2D eigenvalue weighted by molar-refractivity contribution is -0.122. The number of amides is 1. The molecule has 0 unspecified atom stereocenters. The van der Waals surface area contributed by atoms with E-state index < -0.39 is 18.6 Å². The zero-order valence-corrected chi connectivity index (χ0v) is 15.8. The minimum atomic E-state index is -4.33. The Kier molecular flexibility index (Phi) is 6.62. The van der Waals surface area contributed by atoms with Crippen molar-refractivity contribution in [3.05, 3.63) is 46.6 Å². The number of alkyl halides is 3. The molecule has 28 heavy (non-hydrogen) atoms. The van der Waals surface area contributed by atoms with Gasteiger partial charge in [-0.3, -0.25) is 4.79 Å². The lowest BCUT2D eigenvalue weighted by Crippen LogP contribution is -2.25. The van der Waals surface area contributed by atoms with E-state index in [0.717, 1.165) is 29.2 Å². The molecule has 11 heteroatoms. The molecule has 0 saturated heterocycles. The van der Waals surface area contributed by atoms with Crippen LogP contribution in [0.2, 0.25) is 0 Å². The van der Waals surface area contributed by atoms with E-state index >= 15 is 0 Å². The summed E-state index contributed by atoms with van der Waals surface area (Å²) < 4.78 is 36.0. The van der Waals surface area contributed by atoms with Crippen LogP contribution in [-0.2, 0) is 0 Å². The molecular formula is C17H18F3N5O2S. The van der Waals surface area contributed by atoms with Crippen molar-refractivity contribution in [3.63, 3.8) is 0 Å². The Balaban J connectivity index is 2.04. The summed E-state index contributed by atoms with van der Waals surface area (Å²) in [6.07, 6.45) is -0.835. The number of nitrogens with two attached hydrogens (primary N) is 1. The number of phenols is 1. The number of aliphatic imine (C=N–C) groups is 1. The van der Waals surface area contributed by atoms with Crippen LogP contribution in [0.25, 0.3) is 0 Å². The Morgan fingerprint density at radius 2 is 2.11 bits per heavy atom. The number of halogens is 3.